The van der Waals surface area contributed by atoms with Crippen molar-refractivity contribution in [1.29, 1.82) is 0 Å². The van der Waals surface area contributed by atoms with Crippen LogP contribution in [0.2, 0.25) is 0 Å². The first-order valence-electron chi connectivity index (χ1n) is 4.84. The molecule has 0 aliphatic carbocycles. The van der Waals surface area contributed by atoms with Crippen LogP contribution in [-0.4, -0.2) is 11.8 Å². The lowest BCUT2D eigenvalue weighted by Gasteiger charge is -2.17. The fraction of sp³-hybridized carbons (Fsp3) is 0.167. The molecular formula is C12H10BrNO2. The summed E-state index contributed by atoms with van der Waals surface area (Å²) in [7, 11) is 0. The number of hydrogen-bond acceptors (Lipinski definition) is 2. The molecule has 0 fully saturated rings. The molecule has 4 heteroatoms. The molecule has 82 valence electrons. The van der Waals surface area contributed by atoms with Gasteiger partial charge in [0.05, 0.1) is 5.69 Å². The summed E-state index contributed by atoms with van der Waals surface area (Å²) in [6.45, 7) is 3.52. The van der Waals surface area contributed by atoms with E-state index in [0.717, 1.165) is 10.0 Å². The van der Waals surface area contributed by atoms with E-state index in [1.165, 1.54) is 11.0 Å². The highest BCUT2D eigenvalue weighted by atomic mass is 79.9. The number of carbonyl (C=O) groups is 2. The summed E-state index contributed by atoms with van der Waals surface area (Å²) in [5.41, 5.74) is 1.99. The summed E-state index contributed by atoms with van der Waals surface area (Å²) in [5.74, 6) is -0.519. The molecule has 0 bridgehead atoms. The third kappa shape index (κ3) is 1.59. The van der Waals surface area contributed by atoms with Crippen LogP contribution in [0.3, 0.4) is 0 Å². The average molecular weight is 280 g/mol. The number of halogens is 1. The van der Waals surface area contributed by atoms with Gasteiger partial charge in [-0.1, -0.05) is 22.0 Å². The van der Waals surface area contributed by atoms with E-state index in [1.807, 2.05) is 13.0 Å². The molecule has 0 atom stereocenters. The van der Waals surface area contributed by atoms with Gasteiger partial charge in [0, 0.05) is 16.1 Å². The van der Waals surface area contributed by atoms with Crippen LogP contribution in [0, 0.1) is 6.92 Å². The smallest absolute Gasteiger partial charge is 0.261 e. The zero-order valence-corrected chi connectivity index (χ0v) is 10.5. The van der Waals surface area contributed by atoms with Gasteiger partial charge >= 0.3 is 0 Å². The van der Waals surface area contributed by atoms with Crippen molar-refractivity contribution in [1.82, 2.24) is 0 Å². The van der Waals surface area contributed by atoms with Gasteiger partial charge < -0.3 is 0 Å². The Balaban J connectivity index is 2.51. The predicted octanol–water partition coefficient (Wildman–Crippen LogP) is 2.58. The van der Waals surface area contributed by atoms with E-state index in [4.69, 9.17) is 0 Å². The number of anilines is 1. The minimum absolute atomic E-state index is 0.244. The van der Waals surface area contributed by atoms with Crippen molar-refractivity contribution in [2.75, 3.05) is 4.90 Å². The fourth-order valence-electron chi connectivity index (χ4n) is 1.65. The molecule has 1 aliphatic rings. The van der Waals surface area contributed by atoms with Gasteiger partial charge in [-0.15, -0.1) is 0 Å². The molecule has 0 unspecified atom stereocenters. The highest BCUT2D eigenvalue weighted by Gasteiger charge is 2.30. The van der Waals surface area contributed by atoms with Gasteiger partial charge in [0.1, 0.15) is 0 Å². The molecule has 1 aromatic carbocycles. The third-order valence-corrected chi connectivity index (χ3v) is 3.44. The number of benzene rings is 1. The standard InChI is InChI=1S/C12H10BrNO2/c1-7-6-11(15)14(12(7)16)10-5-3-4-9(13)8(10)2/h3-6H,1-2H3. The zero-order chi connectivity index (χ0) is 11.9. The molecule has 0 saturated carbocycles. The predicted molar refractivity (Wildman–Crippen MR) is 65.1 cm³/mol. The third-order valence-electron chi connectivity index (χ3n) is 2.58. The second kappa shape index (κ2) is 3.87. The van der Waals surface area contributed by atoms with Crippen LogP contribution in [-0.2, 0) is 9.59 Å². The first kappa shape index (κ1) is 11.1. The van der Waals surface area contributed by atoms with Crippen molar-refractivity contribution in [3.8, 4) is 0 Å². The van der Waals surface area contributed by atoms with Crippen LogP contribution in [0.1, 0.15) is 12.5 Å². The molecule has 0 radical (unpaired) electrons. The SMILES string of the molecule is CC1=CC(=O)N(c2cccc(Br)c2C)C1=O. The molecule has 0 N–H and O–H groups in total. The van der Waals surface area contributed by atoms with Crippen molar-refractivity contribution >= 4 is 33.4 Å². The average Bonchev–Trinajstić information content (AvgIpc) is 2.47. The van der Waals surface area contributed by atoms with Crippen molar-refractivity contribution in [2.24, 2.45) is 0 Å². The molecule has 16 heavy (non-hydrogen) atoms. The van der Waals surface area contributed by atoms with E-state index in [1.54, 1.807) is 19.1 Å². The maximum atomic E-state index is 11.8. The van der Waals surface area contributed by atoms with Crippen molar-refractivity contribution in [2.45, 2.75) is 13.8 Å². The summed E-state index contributed by atoms with van der Waals surface area (Å²) >= 11 is 3.38. The quantitative estimate of drug-likeness (QED) is 0.741. The van der Waals surface area contributed by atoms with Gasteiger partial charge in [-0.05, 0) is 31.5 Å². The molecule has 2 amide bonds. The fourth-order valence-corrected chi connectivity index (χ4v) is 2.01. The van der Waals surface area contributed by atoms with Gasteiger partial charge in [-0.25, -0.2) is 4.90 Å². The van der Waals surface area contributed by atoms with Gasteiger partial charge in [-0.3, -0.25) is 9.59 Å². The van der Waals surface area contributed by atoms with E-state index in [9.17, 15) is 9.59 Å². The van der Waals surface area contributed by atoms with E-state index in [-0.39, 0.29) is 11.8 Å². The lowest BCUT2D eigenvalue weighted by molar-refractivity contribution is -0.120. The monoisotopic (exact) mass is 279 g/mol. The van der Waals surface area contributed by atoms with Crippen LogP contribution in [0.5, 0.6) is 0 Å². The maximum absolute atomic E-state index is 11.8. The van der Waals surface area contributed by atoms with Gasteiger partial charge in [-0.2, -0.15) is 0 Å². The van der Waals surface area contributed by atoms with Crippen LogP contribution >= 0.6 is 15.9 Å². The van der Waals surface area contributed by atoms with Crippen LogP contribution in [0.25, 0.3) is 0 Å². The highest BCUT2D eigenvalue weighted by Crippen LogP contribution is 2.30. The van der Waals surface area contributed by atoms with E-state index in [0.29, 0.717) is 11.3 Å². The Bertz CT molecular complexity index is 520. The van der Waals surface area contributed by atoms with Crippen LogP contribution in [0.4, 0.5) is 5.69 Å². The van der Waals surface area contributed by atoms with E-state index < -0.39 is 0 Å². The Labute approximate surface area is 102 Å². The van der Waals surface area contributed by atoms with E-state index >= 15 is 0 Å². The minimum atomic E-state index is -0.274. The second-order valence-corrected chi connectivity index (χ2v) is 4.54. The van der Waals surface area contributed by atoms with Crippen LogP contribution < -0.4 is 4.90 Å². The molecule has 1 heterocycles. The Morgan fingerprint density at radius 1 is 1.19 bits per heavy atom. The maximum Gasteiger partial charge on any atom is 0.261 e. The first-order chi connectivity index (χ1) is 7.52. The number of amides is 2. The highest BCUT2D eigenvalue weighted by molar-refractivity contribution is 9.10. The van der Waals surface area contributed by atoms with Crippen molar-refractivity contribution in [3.05, 3.63) is 39.9 Å². The second-order valence-electron chi connectivity index (χ2n) is 3.69. The van der Waals surface area contributed by atoms with Crippen molar-refractivity contribution < 1.29 is 9.59 Å². The van der Waals surface area contributed by atoms with Gasteiger partial charge in [0.15, 0.2) is 0 Å². The molecule has 1 aliphatic heterocycles. The Morgan fingerprint density at radius 3 is 2.44 bits per heavy atom. The largest absolute Gasteiger partial charge is 0.269 e. The zero-order valence-electron chi connectivity index (χ0n) is 8.95. The molecule has 0 aromatic heterocycles. The summed E-state index contributed by atoms with van der Waals surface area (Å²) in [6.07, 6.45) is 1.36. The van der Waals surface area contributed by atoms with Crippen molar-refractivity contribution in [3.63, 3.8) is 0 Å². The first-order valence-corrected chi connectivity index (χ1v) is 5.63. The lowest BCUT2D eigenvalue weighted by atomic mass is 10.2. The number of carbonyl (C=O) groups excluding carboxylic acids is 2. The molecule has 1 aromatic rings. The summed E-state index contributed by atoms with van der Waals surface area (Å²) in [4.78, 5) is 24.7. The summed E-state index contributed by atoms with van der Waals surface area (Å²) < 4.78 is 0.884. The number of nitrogens with zero attached hydrogens (tertiary/aromatic N) is 1. The molecule has 0 spiro atoms. The normalized spacial score (nSPS) is 15.7. The minimum Gasteiger partial charge on any atom is -0.269 e. The number of imide groups is 1. The topological polar surface area (TPSA) is 37.4 Å². The summed E-state index contributed by atoms with van der Waals surface area (Å²) in [5, 5.41) is 0. The Hall–Kier alpha value is -1.42. The lowest BCUT2D eigenvalue weighted by Crippen LogP contribution is -2.31. The Kier molecular flexibility index (Phi) is 2.68. The molecule has 2 rings (SSSR count). The summed E-state index contributed by atoms with van der Waals surface area (Å²) in [6, 6.07) is 5.45. The molecule has 3 nitrogen and oxygen atoms in total. The van der Waals surface area contributed by atoms with Gasteiger partial charge in [0.2, 0.25) is 0 Å². The van der Waals surface area contributed by atoms with Crippen LogP contribution in [0.15, 0.2) is 34.3 Å². The molecular weight excluding hydrogens is 270 g/mol. The molecule has 0 saturated heterocycles. The van der Waals surface area contributed by atoms with Gasteiger partial charge in [0.25, 0.3) is 11.8 Å². The number of rotatable bonds is 1. The number of hydrogen-bond donors (Lipinski definition) is 0. The van der Waals surface area contributed by atoms with E-state index in [2.05, 4.69) is 15.9 Å². The Morgan fingerprint density at radius 2 is 1.88 bits per heavy atom.